The third-order valence-corrected chi connectivity index (χ3v) is 2.79. The molecule has 1 aliphatic heterocycles. The summed E-state index contributed by atoms with van der Waals surface area (Å²) in [4.78, 5) is 11.2. The second-order valence-corrected chi connectivity index (χ2v) is 4.27. The molecule has 5 nitrogen and oxygen atoms in total. The third-order valence-electron chi connectivity index (χ3n) is 2.79. The zero-order chi connectivity index (χ0) is 13.7. The third kappa shape index (κ3) is 3.42. The lowest BCUT2D eigenvalue weighted by atomic mass is 10.0. The summed E-state index contributed by atoms with van der Waals surface area (Å²) in [5, 5.41) is 3.91. The fourth-order valence-electron chi connectivity index (χ4n) is 1.77. The molecule has 2 rings (SSSR count). The minimum Gasteiger partial charge on any atom is -0.485 e. The number of nitrogens with one attached hydrogen (secondary N) is 1. The molecule has 5 heteroatoms. The van der Waals surface area contributed by atoms with Gasteiger partial charge in [0, 0.05) is 24.1 Å². The van der Waals surface area contributed by atoms with Crippen molar-refractivity contribution in [2.75, 3.05) is 6.54 Å². The molecule has 1 atom stereocenters. The fourth-order valence-corrected chi connectivity index (χ4v) is 1.77. The SMILES string of the molecule is CC1Oc2ccccc2C=C1C=NNC(=O)CCN. The van der Waals surface area contributed by atoms with Crippen LogP contribution < -0.4 is 15.9 Å². The Bertz CT molecular complexity index is 523. The van der Waals surface area contributed by atoms with Crippen LogP contribution in [0.2, 0.25) is 0 Å². The number of nitrogens with two attached hydrogens (primary N) is 1. The molecule has 1 unspecified atom stereocenters. The van der Waals surface area contributed by atoms with Crippen molar-refractivity contribution in [3.8, 4) is 5.75 Å². The molecule has 1 aliphatic rings. The lowest BCUT2D eigenvalue weighted by Gasteiger charge is -2.22. The highest BCUT2D eigenvalue weighted by atomic mass is 16.5. The number of para-hydroxylation sites is 1. The van der Waals surface area contributed by atoms with E-state index in [2.05, 4.69) is 10.5 Å². The number of hydrogen-bond donors (Lipinski definition) is 2. The van der Waals surface area contributed by atoms with Crippen LogP contribution in [-0.2, 0) is 4.79 Å². The quantitative estimate of drug-likeness (QED) is 0.632. The Hall–Kier alpha value is -2.14. The maximum absolute atomic E-state index is 11.2. The number of amides is 1. The van der Waals surface area contributed by atoms with E-state index >= 15 is 0 Å². The molecule has 1 aromatic carbocycles. The number of rotatable bonds is 4. The summed E-state index contributed by atoms with van der Waals surface area (Å²) in [6, 6.07) is 7.79. The molecule has 0 saturated heterocycles. The molecule has 3 N–H and O–H groups in total. The maximum atomic E-state index is 11.2. The number of nitrogens with zero attached hydrogens (tertiary/aromatic N) is 1. The second kappa shape index (κ2) is 6.15. The average molecular weight is 259 g/mol. The van der Waals surface area contributed by atoms with Gasteiger partial charge >= 0.3 is 0 Å². The highest BCUT2D eigenvalue weighted by Crippen LogP contribution is 2.28. The van der Waals surface area contributed by atoms with Crippen molar-refractivity contribution in [2.45, 2.75) is 19.4 Å². The van der Waals surface area contributed by atoms with Crippen LogP contribution >= 0.6 is 0 Å². The topological polar surface area (TPSA) is 76.7 Å². The molecular weight excluding hydrogens is 242 g/mol. The van der Waals surface area contributed by atoms with E-state index in [4.69, 9.17) is 10.5 Å². The Morgan fingerprint density at radius 1 is 1.53 bits per heavy atom. The standard InChI is InChI=1S/C14H17N3O2/c1-10-12(9-16-17-14(18)6-7-15)8-11-4-2-3-5-13(11)19-10/h2-5,8-10H,6-7,15H2,1H3,(H,17,18). The number of carbonyl (C=O) groups is 1. The predicted molar refractivity (Wildman–Crippen MR) is 74.8 cm³/mol. The van der Waals surface area contributed by atoms with E-state index in [1.165, 1.54) is 0 Å². The van der Waals surface area contributed by atoms with Gasteiger partial charge in [0.15, 0.2) is 0 Å². The normalized spacial score (nSPS) is 17.6. The first kappa shape index (κ1) is 13.3. The van der Waals surface area contributed by atoms with Gasteiger partial charge in [0.1, 0.15) is 11.9 Å². The molecule has 1 amide bonds. The summed E-state index contributed by atoms with van der Waals surface area (Å²) in [5.41, 5.74) is 9.62. The van der Waals surface area contributed by atoms with E-state index in [1.807, 2.05) is 37.3 Å². The second-order valence-electron chi connectivity index (χ2n) is 4.27. The van der Waals surface area contributed by atoms with Gasteiger partial charge in [0.2, 0.25) is 5.91 Å². The number of carbonyl (C=O) groups excluding carboxylic acids is 1. The van der Waals surface area contributed by atoms with E-state index in [1.54, 1.807) is 6.21 Å². The zero-order valence-corrected chi connectivity index (χ0v) is 10.8. The van der Waals surface area contributed by atoms with Gasteiger partial charge in [-0.05, 0) is 19.1 Å². The van der Waals surface area contributed by atoms with Gasteiger partial charge in [0.05, 0.1) is 6.21 Å². The Morgan fingerprint density at radius 3 is 3.11 bits per heavy atom. The summed E-state index contributed by atoms with van der Waals surface area (Å²) in [6.07, 6.45) is 3.78. The molecule has 0 aliphatic carbocycles. The summed E-state index contributed by atoms with van der Waals surface area (Å²) < 4.78 is 5.76. The van der Waals surface area contributed by atoms with Crippen molar-refractivity contribution in [3.05, 3.63) is 35.4 Å². The molecule has 0 fully saturated rings. The summed E-state index contributed by atoms with van der Waals surface area (Å²) >= 11 is 0. The molecule has 0 spiro atoms. The molecule has 100 valence electrons. The Labute approximate surface area is 112 Å². The van der Waals surface area contributed by atoms with Gasteiger partial charge in [-0.15, -0.1) is 0 Å². The van der Waals surface area contributed by atoms with Crippen LogP contribution in [0, 0.1) is 0 Å². The van der Waals surface area contributed by atoms with Crippen LogP contribution in [0.3, 0.4) is 0 Å². The number of ether oxygens (including phenoxy) is 1. The van der Waals surface area contributed by atoms with E-state index in [0.29, 0.717) is 6.54 Å². The molecule has 19 heavy (non-hydrogen) atoms. The summed E-state index contributed by atoms with van der Waals surface area (Å²) in [5.74, 6) is 0.670. The first-order chi connectivity index (χ1) is 9.20. The van der Waals surface area contributed by atoms with Gasteiger partial charge in [-0.2, -0.15) is 5.10 Å². The predicted octanol–water partition coefficient (Wildman–Crippen LogP) is 1.30. The highest BCUT2D eigenvalue weighted by Gasteiger charge is 2.16. The molecule has 1 heterocycles. The van der Waals surface area contributed by atoms with Crippen molar-refractivity contribution in [3.63, 3.8) is 0 Å². The molecular formula is C14H17N3O2. The fraction of sp³-hybridized carbons (Fsp3) is 0.286. The van der Waals surface area contributed by atoms with Crippen molar-refractivity contribution >= 4 is 18.2 Å². The van der Waals surface area contributed by atoms with Gasteiger partial charge in [-0.1, -0.05) is 18.2 Å². The molecule has 0 radical (unpaired) electrons. The molecule has 1 aromatic rings. The number of benzene rings is 1. The van der Waals surface area contributed by atoms with E-state index in [0.717, 1.165) is 16.9 Å². The van der Waals surface area contributed by atoms with Crippen LogP contribution in [0.4, 0.5) is 0 Å². The Morgan fingerprint density at radius 2 is 2.32 bits per heavy atom. The van der Waals surface area contributed by atoms with Crippen LogP contribution in [0.15, 0.2) is 34.9 Å². The minimum absolute atomic E-state index is 0.0925. The molecule has 0 saturated carbocycles. The number of hydrazone groups is 1. The minimum atomic E-state index is -0.191. The van der Waals surface area contributed by atoms with Crippen molar-refractivity contribution < 1.29 is 9.53 Å². The van der Waals surface area contributed by atoms with Crippen LogP contribution in [0.1, 0.15) is 18.9 Å². The maximum Gasteiger partial charge on any atom is 0.241 e. The monoisotopic (exact) mass is 259 g/mol. The number of hydrogen-bond acceptors (Lipinski definition) is 4. The molecule has 0 bridgehead atoms. The zero-order valence-electron chi connectivity index (χ0n) is 10.8. The lowest BCUT2D eigenvalue weighted by molar-refractivity contribution is -0.120. The van der Waals surface area contributed by atoms with Gasteiger partial charge in [0.25, 0.3) is 0 Å². The first-order valence-electron chi connectivity index (χ1n) is 6.20. The van der Waals surface area contributed by atoms with Crippen LogP contribution in [-0.4, -0.2) is 24.8 Å². The van der Waals surface area contributed by atoms with E-state index in [9.17, 15) is 4.79 Å². The van der Waals surface area contributed by atoms with Crippen LogP contribution in [0.5, 0.6) is 5.75 Å². The Balaban J connectivity index is 2.06. The van der Waals surface area contributed by atoms with Gasteiger partial charge < -0.3 is 10.5 Å². The van der Waals surface area contributed by atoms with Crippen molar-refractivity contribution in [1.29, 1.82) is 0 Å². The van der Waals surface area contributed by atoms with E-state index in [-0.39, 0.29) is 18.4 Å². The van der Waals surface area contributed by atoms with Gasteiger partial charge in [-0.3, -0.25) is 4.79 Å². The van der Waals surface area contributed by atoms with E-state index < -0.39 is 0 Å². The van der Waals surface area contributed by atoms with Gasteiger partial charge in [-0.25, -0.2) is 5.43 Å². The van der Waals surface area contributed by atoms with Crippen molar-refractivity contribution in [1.82, 2.24) is 5.43 Å². The number of fused-ring (bicyclic) bond motifs is 1. The van der Waals surface area contributed by atoms with Crippen LogP contribution in [0.25, 0.3) is 6.08 Å². The highest BCUT2D eigenvalue weighted by molar-refractivity contribution is 5.89. The van der Waals surface area contributed by atoms with Crippen molar-refractivity contribution in [2.24, 2.45) is 10.8 Å². The lowest BCUT2D eigenvalue weighted by Crippen LogP contribution is -2.23. The first-order valence-corrected chi connectivity index (χ1v) is 6.20. The smallest absolute Gasteiger partial charge is 0.241 e. The summed E-state index contributed by atoms with van der Waals surface area (Å²) in [6.45, 7) is 2.26. The largest absolute Gasteiger partial charge is 0.485 e. The molecule has 0 aromatic heterocycles. The summed E-state index contributed by atoms with van der Waals surface area (Å²) in [7, 11) is 0. The Kier molecular flexibility index (Phi) is 4.30. The average Bonchev–Trinajstić information content (AvgIpc) is 2.39.